The third kappa shape index (κ3) is 6.97. The lowest BCUT2D eigenvalue weighted by Crippen LogP contribution is -2.74. The zero-order valence-electron chi connectivity index (χ0n) is 24.0. The van der Waals surface area contributed by atoms with Gasteiger partial charge in [-0.15, -0.1) is 0 Å². The van der Waals surface area contributed by atoms with E-state index in [0.29, 0.717) is 11.1 Å². The van der Waals surface area contributed by atoms with E-state index in [0.717, 1.165) is 0 Å². The summed E-state index contributed by atoms with van der Waals surface area (Å²) in [6.45, 7) is -1.86. The first-order valence-corrected chi connectivity index (χ1v) is 13.1. The number of alkyl halides is 17. The van der Waals surface area contributed by atoms with E-state index in [1.165, 1.54) is 67.3 Å². The number of halogens is 17. The molecule has 0 fully saturated rings. The van der Waals surface area contributed by atoms with Crippen LogP contribution in [0.3, 0.4) is 0 Å². The second-order valence-corrected chi connectivity index (χ2v) is 9.90. The van der Waals surface area contributed by atoms with Crippen molar-refractivity contribution >= 4 is 0 Å². The molecule has 0 aliphatic heterocycles. The second kappa shape index (κ2) is 13.5. The van der Waals surface area contributed by atoms with E-state index in [1.807, 2.05) is 0 Å². The summed E-state index contributed by atoms with van der Waals surface area (Å²) >= 11 is 0. The fraction of sp³-hybridized carbons (Fsp3) is 0.333. The first-order chi connectivity index (χ1) is 22.8. The second-order valence-electron chi connectivity index (χ2n) is 9.90. The molecule has 3 rings (SSSR count). The molecule has 0 atom stereocenters. The molecule has 3 nitrogen and oxygen atoms in total. The Morgan fingerprint density at radius 2 is 0.820 bits per heavy atom. The van der Waals surface area contributed by atoms with Gasteiger partial charge in [0.25, 0.3) is 0 Å². The van der Waals surface area contributed by atoms with E-state index < -0.39 is 66.4 Å². The number of aromatic nitrogens is 2. The largest absolute Gasteiger partial charge is 0.491 e. The number of nitrogens with zero attached hydrogens (tertiary/aromatic N) is 2. The van der Waals surface area contributed by atoms with Crippen LogP contribution in [0.15, 0.2) is 67.3 Å². The van der Waals surface area contributed by atoms with Crippen molar-refractivity contribution in [2.75, 3.05) is 6.61 Å². The molecule has 50 heavy (non-hydrogen) atoms. The standard InChI is InChI=1S/C30H15F17N2O/c31-23(32,24(33,34)25(35,36)26(37,38)27(39,40)28(41,42)29(43,44)30(45,46)47)12-17-50-22-20(6-4-18-8-13-48-14-9-18)2-1-3-21(22)7-5-19-10-15-49-16-11-19/h1-3,8-11,13-16H,12,17H2. The van der Waals surface area contributed by atoms with Gasteiger partial charge in [-0.2, -0.15) is 74.6 Å². The summed E-state index contributed by atoms with van der Waals surface area (Å²) in [5.41, 5.74) is 0.179. The molecule has 2 aromatic heterocycles. The van der Waals surface area contributed by atoms with Gasteiger partial charge in [0.1, 0.15) is 0 Å². The monoisotopic (exact) mass is 742 g/mol. The van der Waals surface area contributed by atoms with Crippen molar-refractivity contribution in [1.29, 1.82) is 0 Å². The van der Waals surface area contributed by atoms with Gasteiger partial charge in [0.2, 0.25) is 0 Å². The summed E-state index contributed by atoms with van der Waals surface area (Å²) in [6, 6.07) is 9.25. The third-order valence-electron chi connectivity index (χ3n) is 6.51. The predicted octanol–water partition coefficient (Wildman–Crippen LogP) is 9.05. The highest BCUT2D eigenvalue weighted by Crippen LogP contribution is 2.64. The fourth-order valence-corrected chi connectivity index (χ4v) is 3.67. The Labute approximate surface area is 269 Å². The van der Waals surface area contributed by atoms with Crippen molar-refractivity contribution in [1.82, 2.24) is 9.97 Å². The lowest BCUT2D eigenvalue weighted by atomic mass is 9.88. The van der Waals surface area contributed by atoms with E-state index in [9.17, 15) is 74.6 Å². The van der Waals surface area contributed by atoms with E-state index >= 15 is 0 Å². The van der Waals surface area contributed by atoms with Crippen LogP contribution in [0.1, 0.15) is 28.7 Å². The topological polar surface area (TPSA) is 35.0 Å². The molecule has 0 unspecified atom stereocenters. The van der Waals surface area contributed by atoms with Gasteiger partial charge >= 0.3 is 47.6 Å². The van der Waals surface area contributed by atoms with Crippen LogP contribution in [0.5, 0.6) is 5.75 Å². The van der Waals surface area contributed by atoms with Crippen LogP contribution in [0.4, 0.5) is 74.6 Å². The molecule has 270 valence electrons. The first kappa shape index (κ1) is 39.7. The molecular weight excluding hydrogens is 727 g/mol. The van der Waals surface area contributed by atoms with E-state index in [-0.39, 0.29) is 11.1 Å². The zero-order valence-corrected chi connectivity index (χ0v) is 24.0. The molecule has 0 saturated carbocycles. The maximum absolute atomic E-state index is 14.5. The van der Waals surface area contributed by atoms with Crippen molar-refractivity contribution in [2.24, 2.45) is 0 Å². The number of hydrogen-bond acceptors (Lipinski definition) is 3. The highest BCUT2D eigenvalue weighted by Gasteiger charge is 2.95. The van der Waals surface area contributed by atoms with Crippen LogP contribution in [-0.4, -0.2) is 64.2 Å². The van der Waals surface area contributed by atoms with Gasteiger partial charge in [0, 0.05) is 35.9 Å². The van der Waals surface area contributed by atoms with Gasteiger partial charge in [-0.1, -0.05) is 29.7 Å². The first-order valence-electron chi connectivity index (χ1n) is 13.1. The maximum atomic E-state index is 14.5. The molecular formula is C30H15F17N2O. The molecule has 0 aliphatic carbocycles. The Balaban J connectivity index is 1.98. The molecule has 2 heterocycles. The van der Waals surface area contributed by atoms with Crippen molar-refractivity contribution in [2.45, 2.75) is 54.1 Å². The third-order valence-corrected chi connectivity index (χ3v) is 6.51. The number of hydrogen-bond donors (Lipinski definition) is 0. The minimum atomic E-state index is -8.70. The zero-order chi connectivity index (χ0) is 38.0. The van der Waals surface area contributed by atoms with Gasteiger partial charge in [-0.3, -0.25) is 9.97 Å². The lowest BCUT2D eigenvalue weighted by Gasteiger charge is -2.42. The fourth-order valence-electron chi connectivity index (χ4n) is 3.67. The van der Waals surface area contributed by atoms with E-state index in [1.54, 1.807) is 0 Å². The Morgan fingerprint density at radius 1 is 0.460 bits per heavy atom. The quantitative estimate of drug-likeness (QED) is 0.154. The van der Waals surface area contributed by atoms with Crippen LogP contribution < -0.4 is 4.74 Å². The number of para-hydroxylation sites is 1. The number of ether oxygens (including phenoxy) is 1. The molecule has 0 aliphatic rings. The lowest BCUT2D eigenvalue weighted by molar-refractivity contribution is -0.461. The van der Waals surface area contributed by atoms with Gasteiger partial charge in [-0.05, 0) is 36.4 Å². The summed E-state index contributed by atoms with van der Waals surface area (Å²) in [5.74, 6) is -47.4. The number of rotatable bonds is 10. The molecule has 0 bridgehead atoms. The van der Waals surface area contributed by atoms with Crippen LogP contribution in [0, 0.1) is 23.7 Å². The minimum absolute atomic E-state index is 0.220. The van der Waals surface area contributed by atoms with Crippen molar-refractivity contribution < 1.29 is 79.4 Å². The van der Waals surface area contributed by atoms with Crippen LogP contribution in [0.25, 0.3) is 0 Å². The smallest absolute Gasteiger partial charge is 0.460 e. The Kier molecular flexibility index (Phi) is 10.7. The maximum Gasteiger partial charge on any atom is 0.460 e. The Bertz CT molecular complexity index is 1690. The average molecular weight is 742 g/mol. The van der Waals surface area contributed by atoms with E-state index in [4.69, 9.17) is 4.74 Å². The summed E-state index contributed by atoms with van der Waals surface area (Å²) in [5, 5.41) is 0. The molecule has 1 aromatic carbocycles. The Morgan fingerprint density at radius 3 is 1.20 bits per heavy atom. The molecule has 3 aromatic rings. The summed E-state index contributed by atoms with van der Waals surface area (Å²) in [7, 11) is 0. The predicted molar refractivity (Wildman–Crippen MR) is 138 cm³/mol. The van der Waals surface area contributed by atoms with Crippen LogP contribution in [-0.2, 0) is 0 Å². The van der Waals surface area contributed by atoms with Crippen molar-refractivity contribution in [3.8, 4) is 29.4 Å². The Hall–Kier alpha value is -4.75. The van der Waals surface area contributed by atoms with Gasteiger partial charge < -0.3 is 4.74 Å². The van der Waals surface area contributed by atoms with Crippen molar-refractivity contribution in [3.63, 3.8) is 0 Å². The number of pyridine rings is 2. The highest BCUT2D eigenvalue weighted by atomic mass is 19.4. The average Bonchev–Trinajstić information content (AvgIpc) is 3.03. The highest BCUT2D eigenvalue weighted by molar-refractivity contribution is 5.59. The molecule has 0 N–H and O–H groups in total. The molecule has 0 saturated heterocycles. The molecule has 0 radical (unpaired) electrons. The van der Waals surface area contributed by atoms with Crippen LogP contribution in [0.2, 0.25) is 0 Å². The summed E-state index contributed by atoms with van der Waals surface area (Å²) in [6.07, 6.45) is -5.33. The van der Waals surface area contributed by atoms with Crippen molar-refractivity contribution in [3.05, 3.63) is 89.5 Å². The normalized spacial score (nSPS) is 13.5. The molecule has 0 amide bonds. The molecule has 0 spiro atoms. The molecule has 20 heteroatoms. The van der Waals surface area contributed by atoms with Gasteiger partial charge in [0.15, 0.2) is 5.75 Å². The van der Waals surface area contributed by atoms with E-state index in [2.05, 4.69) is 33.6 Å². The van der Waals surface area contributed by atoms with Gasteiger partial charge in [-0.25, -0.2) is 0 Å². The minimum Gasteiger partial charge on any atom is -0.491 e. The SMILES string of the molecule is FC(F)(F)C(F)(F)C(F)(F)C(F)(F)C(F)(F)C(F)(F)C(F)(F)C(F)(F)CCOc1c(C#Cc2ccncc2)cccc1C#Cc1ccncc1. The van der Waals surface area contributed by atoms with Gasteiger partial charge in [0.05, 0.1) is 24.2 Å². The number of benzene rings is 1. The summed E-state index contributed by atoms with van der Waals surface area (Å²) in [4.78, 5) is 7.48. The summed E-state index contributed by atoms with van der Waals surface area (Å²) < 4.78 is 236. The van der Waals surface area contributed by atoms with Crippen LogP contribution >= 0.6 is 0 Å².